The van der Waals surface area contributed by atoms with E-state index in [1.807, 2.05) is 24.3 Å². The van der Waals surface area contributed by atoms with Crippen LogP contribution in [0.1, 0.15) is 11.1 Å². The molecule has 1 heterocycles. The fraction of sp³-hybridized carbons (Fsp3) is 0.389. The highest BCUT2D eigenvalue weighted by molar-refractivity contribution is 6.32. The van der Waals surface area contributed by atoms with E-state index >= 15 is 0 Å². The molecule has 0 bridgehead atoms. The summed E-state index contributed by atoms with van der Waals surface area (Å²) >= 11 is 6.39. The SMILES string of the molecule is COc1cc(CNCCN(C)C)cc(Cl)c1OCc1cccnc1.Cl. The maximum absolute atomic E-state index is 6.39. The normalized spacial score (nSPS) is 10.4. The number of aromatic nitrogens is 1. The Bertz CT molecular complexity index is 640. The second-order valence-corrected chi connectivity index (χ2v) is 6.15. The highest BCUT2D eigenvalue weighted by Crippen LogP contribution is 2.36. The fourth-order valence-corrected chi connectivity index (χ4v) is 2.48. The molecule has 7 heteroatoms. The molecule has 25 heavy (non-hydrogen) atoms. The van der Waals surface area contributed by atoms with Gasteiger partial charge in [0, 0.05) is 37.6 Å². The molecule has 0 saturated heterocycles. The summed E-state index contributed by atoms with van der Waals surface area (Å²) in [6, 6.07) is 7.69. The number of hydrogen-bond acceptors (Lipinski definition) is 5. The van der Waals surface area contributed by atoms with Crippen molar-refractivity contribution >= 4 is 24.0 Å². The van der Waals surface area contributed by atoms with Gasteiger partial charge < -0.3 is 19.7 Å². The molecule has 0 unspecified atom stereocenters. The summed E-state index contributed by atoms with van der Waals surface area (Å²) in [5.41, 5.74) is 2.04. The van der Waals surface area contributed by atoms with Gasteiger partial charge in [-0.25, -0.2) is 0 Å². The van der Waals surface area contributed by atoms with Crippen molar-refractivity contribution in [2.75, 3.05) is 34.3 Å². The third-order valence-corrected chi connectivity index (χ3v) is 3.74. The van der Waals surface area contributed by atoms with Crippen LogP contribution in [0.25, 0.3) is 0 Å². The number of benzene rings is 1. The van der Waals surface area contributed by atoms with E-state index in [0.29, 0.717) is 23.1 Å². The quantitative estimate of drug-likeness (QED) is 0.670. The van der Waals surface area contributed by atoms with Crippen LogP contribution in [-0.4, -0.2) is 44.2 Å². The largest absolute Gasteiger partial charge is 0.493 e. The first-order chi connectivity index (χ1) is 11.6. The molecule has 5 nitrogen and oxygen atoms in total. The van der Waals surface area contributed by atoms with E-state index in [2.05, 4.69) is 29.3 Å². The predicted octanol–water partition coefficient (Wildman–Crippen LogP) is 3.40. The molecule has 0 aliphatic rings. The number of nitrogens with zero attached hydrogens (tertiary/aromatic N) is 2. The summed E-state index contributed by atoms with van der Waals surface area (Å²) < 4.78 is 11.3. The summed E-state index contributed by atoms with van der Waals surface area (Å²) in [7, 11) is 5.72. The van der Waals surface area contributed by atoms with Crippen LogP contribution in [0.3, 0.4) is 0 Å². The third kappa shape index (κ3) is 7.08. The summed E-state index contributed by atoms with van der Waals surface area (Å²) in [6.07, 6.45) is 3.50. The Balaban J connectivity index is 0.00000312. The number of pyridine rings is 1. The number of hydrogen-bond donors (Lipinski definition) is 1. The first kappa shape index (κ1) is 21.5. The van der Waals surface area contributed by atoms with Gasteiger partial charge in [0.2, 0.25) is 0 Å². The monoisotopic (exact) mass is 385 g/mol. The average molecular weight is 386 g/mol. The van der Waals surface area contributed by atoms with Crippen LogP contribution in [0.15, 0.2) is 36.7 Å². The molecule has 138 valence electrons. The minimum atomic E-state index is 0. The first-order valence-corrected chi connectivity index (χ1v) is 8.21. The van der Waals surface area contributed by atoms with Crippen molar-refractivity contribution < 1.29 is 9.47 Å². The van der Waals surface area contributed by atoms with Crippen LogP contribution in [0.4, 0.5) is 0 Å². The summed E-state index contributed by atoms with van der Waals surface area (Å²) in [6.45, 7) is 3.01. The Morgan fingerprint density at radius 1 is 1.24 bits per heavy atom. The smallest absolute Gasteiger partial charge is 0.180 e. The molecular weight excluding hydrogens is 361 g/mol. The van der Waals surface area contributed by atoms with Gasteiger partial charge >= 0.3 is 0 Å². The average Bonchev–Trinajstić information content (AvgIpc) is 2.58. The molecule has 0 aliphatic heterocycles. The number of methoxy groups -OCH3 is 1. The molecule has 0 atom stereocenters. The highest BCUT2D eigenvalue weighted by atomic mass is 35.5. The number of likely N-dealkylation sites (N-methyl/N-ethyl adjacent to an activating group) is 1. The zero-order chi connectivity index (χ0) is 17.4. The maximum atomic E-state index is 6.39. The van der Waals surface area contributed by atoms with Crippen LogP contribution in [0, 0.1) is 0 Å². The van der Waals surface area contributed by atoms with E-state index in [-0.39, 0.29) is 12.4 Å². The van der Waals surface area contributed by atoms with Gasteiger partial charge in [0.05, 0.1) is 12.1 Å². The molecule has 0 spiro atoms. The molecule has 1 aromatic heterocycles. The van der Waals surface area contributed by atoms with Gasteiger partial charge in [-0.15, -0.1) is 12.4 Å². The van der Waals surface area contributed by atoms with Gasteiger partial charge in [0.15, 0.2) is 11.5 Å². The van der Waals surface area contributed by atoms with E-state index in [1.165, 1.54) is 0 Å². The second-order valence-electron chi connectivity index (χ2n) is 5.74. The van der Waals surface area contributed by atoms with E-state index < -0.39 is 0 Å². The van der Waals surface area contributed by atoms with Crippen molar-refractivity contribution in [2.24, 2.45) is 0 Å². The van der Waals surface area contributed by atoms with Crippen molar-refractivity contribution in [1.82, 2.24) is 15.2 Å². The van der Waals surface area contributed by atoms with Gasteiger partial charge in [-0.2, -0.15) is 0 Å². The molecule has 0 radical (unpaired) electrons. The standard InChI is InChI=1S/C18H24ClN3O2.ClH/c1-22(2)8-7-21-12-15-9-16(19)18(17(10-15)23-3)24-13-14-5-4-6-20-11-14;/h4-6,9-11,21H,7-8,12-13H2,1-3H3;1H. The summed E-state index contributed by atoms with van der Waals surface area (Å²) in [5.74, 6) is 1.19. The Morgan fingerprint density at radius 3 is 2.68 bits per heavy atom. The van der Waals surface area contributed by atoms with Gasteiger partial charge in [0.1, 0.15) is 6.61 Å². The minimum absolute atomic E-state index is 0. The van der Waals surface area contributed by atoms with E-state index in [9.17, 15) is 0 Å². The number of halogens is 2. The number of ether oxygens (including phenoxy) is 2. The Morgan fingerprint density at radius 2 is 2.04 bits per heavy atom. The van der Waals surface area contributed by atoms with E-state index in [1.54, 1.807) is 19.5 Å². The summed E-state index contributed by atoms with van der Waals surface area (Å²) in [4.78, 5) is 6.21. The van der Waals surface area contributed by atoms with Crippen LogP contribution in [0.5, 0.6) is 11.5 Å². The molecule has 0 aliphatic carbocycles. The van der Waals surface area contributed by atoms with Crippen LogP contribution in [-0.2, 0) is 13.2 Å². The molecule has 0 amide bonds. The van der Waals surface area contributed by atoms with Crippen molar-refractivity contribution in [1.29, 1.82) is 0 Å². The highest BCUT2D eigenvalue weighted by Gasteiger charge is 2.12. The Kier molecular flexibility index (Phi) is 9.60. The first-order valence-electron chi connectivity index (χ1n) is 7.83. The van der Waals surface area contributed by atoms with E-state index in [4.69, 9.17) is 21.1 Å². The molecule has 1 N–H and O–H groups in total. The van der Waals surface area contributed by atoms with Gasteiger partial charge in [-0.05, 0) is 37.9 Å². The molecule has 1 aromatic carbocycles. The van der Waals surface area contributed by atoms with Crippen LogP contribution >= 0.6 is 24.0 Å². The van der Waals surface area contributed by atoms with Crippen molar-refractivity contribution in [2.45, 2.75) is 13.2 Å². The molecular formula is C18H25Cl2N3O2. The lowest BCUT2D eigenvalue weighted by atomic mass is 10.2. The third-order valence-electron chi connectivity index (χ3n) is 3.46. The van der Waals surface area contributed by atoms with Crippen LogP contribution < -0.4 is 14.8 Å². The Hall–Kier alpha value is -1.53. The van der Waals surface area contributed by atoms with Gasteiger partial charge in [-0.3, -0.25) is 4.98 Å². The van der Waals surface area contributed by atoms with Gasteiger partial charge in [-0.1, -0.05) is 17.7 Å². The summed E-state index contributed by atoms with van der Waals surface area (Å²) in [5, 5.41) is 3.93. The van der Waals surface area contributed by atoms with Crippen molar-refractivity contribution in [3.8, 4) is 11.5 Å². The fourth-order valence-electron chi connectivity index (χ4n) is 2.19. The molecule has 2 rings (SSSR count). The zero-order valence-corrected chi connectivity index (χ0v) is 16.4. The molecule has 0 fully saturated rings. The second kappa shape index (κ2) is 11.2. The van der Waals surface area contributed by atoms with Crippen molar-refractivity contribution in [3.05, 3.63) is 52.8 Å². The predicted molar refractivity (Wildman–Crippen MR) is 104 cm³/mol. The minimum Gasteiger partial charge on any atom is -0.493 e. The van der Waals surface area contributed by atoms with Crippen LogP contribution in [0.2, 0.25) is 5.02 Å². The maximum Gasteiger partial charge on any atom is 0.180 e. The zero-order valence-electron chi connectivity index (χ0n) is 14.8. The Labute approximate surface area is 160 Å². The van der Waals surface area contributed by atoms with E-state index in [0.717, 1.165) is 30.8 Å². The van der Waals surface area contributed by atoms with Gasteiger partial charge in [0.25, 0.3) is 0 Å². The molecule has 0 saturated carbocycles. The number of rotatable bonds is 9. The lowest BCUT2D eigenvalue weighted by Gasteiger charge is -2.15. The topological polar surface area (TPSA) is 46.6 Å². The lowest BCUT2D eigenvalue weighted by Crippen LogP contribution is -2.26. The lowest BCUT2D eigenvalue weighted by molar-refractivity contribution is 0.284. The number of nitrogens with one attached hydrogen (secondary N) is 1. The van der Waals surface area contributed by atoms with Crippen molar-refractivity contribution in [3.63, 3.8) is 0 Å². The molecule has 2 aromatic rings.